The molecule has 9 N–H and O–H groups in total. The zero-order valence-corrected chi connectivity index (χ0v) is 58.8. The van der Waals surface area contributed by atoms with Crippen LogP contribution in [0.2, 0.25) is 0 Å². The average molecular weight is 1370 g/mol. The van der Waals surface area contributed by atoms with Crippen LogP contribution in [0, 0.1) is 29.6 Å². The third-order valence-corrected chi connectivity index (χ3v) is 20.4. The molecular formula is C61H109ClN3O24PS. The van der Waals surface area contributed by atoms with Gasteiger partial charge in [0.2, 0.25) is 5.91 Å². The molecule has 0 bridgehead atoms. The molecule has 5 rings (SSSR count). The summed E-state index contributed by atoms with van der Waals surface area (Å²) in [6.07, 6.45) is -12.5. The number of aliphatic hydroxyl groups excluding tert-OH is 4. The fourth-order valence-corrected chi connectivity index (χ4v) is 15.1. The number of methoxy groups -OCH3 is 1. The lowest BCUT2D eigenvalue weighted by Crippen LogP contribution is -2.65. The number of halogens is 1. The second kappa shape index (κ2) is 34.8. The molecule has 0 aromatic rings. The van der Waals surface area contributed by atoms with Gasteiger partial charge in [-0.1, -0.05) is 41.0 Å². The number of ketones is 1. The van der Waals surface area contributed by atoms with Crippen LogP contribution in [0.15, 0.2) is 0 Å². The van der Waals surface area contributed by atoms with Crippen molar-refractivity contribution in [2.75, 3.05) is 47.7 Å². The molecular weight excluding hydrogens is 1260 g/mol. The van der Waals surface area contributed by atoms with E-state index in [9.17, 15) is 59.2 Å². The first-order valence-electron chi connectivity index (χ1n) is 31.8. The maximum atomic E-state index is 14.3. The van der Waals surface area contributed by atoms with Gasteiger partial charge in [0.25, 0.3) is 0 Å². The zero-order chi connectivity index (χ0) is 69.2. The first kappa shape index (κ1) is 81.2. The van der Waals surface area contributed by atoms with Gasteiger partial charge in [0.15, 0.2) is 18.7 Å². The number of hydrogen-bond acceptors (Lipinski definition) is 25. The molecule has 5 aliphatic heterocycles. The van der Waals surface area contributed by atoms with Crippen molar-refractivity contribution < 1.29 is 116 Å². The number of esters is 3. The topological polar surface area (TPSA) is 375 Å². The fraction of sp³-hybridized carbons (Fsp3) is 0.918. The van der Waals surface area contributed by atoms with Crippen molar-refractivity contribution in [2.24, 2.45) is 29.6 Å². The van der Waals surface area contributed by atoms with Crippen LogP contribution in [0.4, 0.5) is 0 Å². The van der Waals surface area contributed by atoms with Crippen molar-refractivity contribution in [3.8, 4) is 0 Å². The van der Waals surface area contributed by atoms with Crippen molar-refractivity contribution in [3.05, 3.63) is 0 Å². The van der Waals surface area contributed by atoms with Crippen molar-refractivity contribution in [1.82, 2.24) is 15.1 Å². The number of phosphoric ester groups is 1. The third kappa shape index (κ3) is 21.1. The van der Waals surface area contributed by atoms with Gasteiger partial charge in [-0.05, 0) is 121 Å². The molecule has 0 saturated carbocycles. The van der Waals surface area contributed by atoms with Gasteiger partial charge in [-0.3, -0.25) is 33.4 Å². The number of aliphatic hydroxyl groups is 6. The molecule has 5 heterocycles. The number of ether oxygens (including phenoxy) is 9. The summed E-state index contributed by atoms with van der Waals surface area (Å²) in [5, 5.41) is 70.2. The van der Waals surface area contributed by atoms with E-state index in [0.717, 1.165) is 37.6 Å². The van der Waals surface area contributed by atoms with E-state index < -0.39 is 181 Å². The number of likely N-dealkylation sites (tertiary alicyclic amines) is 1. The Morgan fingerprint density at radius 2 is 1.49 bits per heavy atom. The molecule has 0 spiro atoms. The smallest absolute Gasteiger partial charge is 0.466 e. The second-order valence-corrected chi connectivity index (χ2v) is 29.4. The van der Waals surface area contributed by atoms with Gasteiger partial charge < -0.3 is 93.3 Å². The maximum absolute atomic E-state index is 14.3. The number of amides is 1. The van der Waals surface area contributed by atoms with Crippen molar-refractivity contribution >= 4 is 60.8 Å². The predicted octanol–water partition coefficient (Wildman–Crippen LogP) is 3.19. The Morgan fingerprint density at radius 1 is 0.868 bits per heavy atom. The van der Waals surface area contributed by atoms with Crippen molar-refractivity contribution in [2.45, 2.75) is 279 Å². The van der Waals surface area contributed by atoms with Crippen molar-refractivity contribution in [3.63, 3.8) is 0 Å². The van der Waals surface area contributed by atoms with E-state index in [2.05, 4.69) is 16.8 Å². The van der Waals surface area contributed by atoms with Crippen molar-refractivity contribution in [1.29, 1.82) is 0 Å². The second-order valence-electron chi connectivity index (χ2n) is 26.5. The highest BCUT2D eigenvalue weighted by Gasteiger charge is 2.56. The number of rotatable bonds is 21. The standard InChI is InChI=1S/C43H75NO16.C18H34ClN2O8PS/c1-15-29-43(11,52)36(48)24(5)33(47)22(3)20-41(9,51)38(25(6)34(26(7)39(50)57-29)59-32-21-42(10,53-14)37(49)27(8)56-32)60-40-35(28(44(12)13)19-23(4)55-40)58-31(46)18-17-30(45)54-16-2;1-5-6-10-7-11(21(3)8-10)17(24)20-12(9(2)19)15-13(22)14(23)16(18(28-15)31-4)29-30(25,26)27/h22-29,32,34-38,40,48-49,51-52H,15-21H2,1-14H3;9-16,18,22-23H,5-8H2,1-4H3,(H,20,24)(H2,25,26,27)/t22-,23-,24+,25+,26-,27+,28+,29-,32+,34+,35-,36-,37+,38-,40+,41-,42-,43-;9-,10+,11-,12+,13+,14-,15+,16+,18+/m10/s1. The van der Waals surface area contributed by atoms with E-state index in [-0.39, 0.29) is 50.7 Å². The molecule has 27 atom stereocenters. The van der Waals surface area contributed by atoms with Crippen LogP contribution in [-0.4, -0.2) is 259 Å². The quantitative estimate of drug-likeness (QED) is 0.0345. The number of carbonyl (C=O) groups is 5. The highest BCUT2D eigenvalue weighted by molar-refractivity contribution is 7.99. The van der Waals surface area contributed by atoms with Crippen LogP contribution in [0.25, 0.3) is 0 Å². The van der Waals surface area contributed by atoms with Gasteiger partial charge in [0.05, 0.1) is 90.6 Å². The highest BCUT2D eigenvalue weighted by Crippen LogP contribution is 2.45. The van der Waals surface area contributed by atoms with Crippen LogP contribution >= 0.6 is 31.2 Å². The minimum atomic E-state index is -4.93. The maximum Gasteiger partial charge on any atom is 0.470 e. The van der Waals surface area contributed by atoms with E-state index in [4.69, 9.17) is 64.0 Å². The van der Waals surface area contributed by atoms with Crippen LogP contribution in [0.5, 0.6) is 0 Å². The molecule has 0 aromatic carbocycles. The number of likely N-dealkylation sites (N-methyl/N-ethyl adjacent to an activating group) is 2. The largest absolute Gasteiger partial charge is 0.470 e. The van der Waals surface area contributed by atoms with Gasteiger partial charge in [0.1, 0.15) is 53.4 Å². The summed E-state index contributed by atoms with van der Waals surface area (Å²) in [7, 11) is 2.05. The number of hydrogen-bond donors (Lipinski definition) is 9. The molecule has 91 heavy (non-hydrogen) atoms. The van der Waals surface area contributed by atoms with E-state index in [1.807, 2.05) is 37.9 Å². The molecule has 0 unspecified atom stereocenters. The number of thioether (sulfide) groups is 1. The zero-order valence-electron chi connectivity index (χ0n) is 56.4. The number of alkyl halides is 1. The Balaban J connectivity index is 0.000000476. The van der Waals surface area contributed by atoms with E-state index >= 15 is 0 Å². The van der Waals surface area contributed by atoms with Gasteiger partial charge in [0, 0.05) is 37.8 Å². The SMILES string of the molecule is CCC[C@@H]1C[C@@H](C(=O)N[C@@H]([C@H]2O[C@H](SC)[C@H](OP(=O)(O)O)[C@@H](O)[C@H]2O)[C@H](C)Cl)N(C)C1.CCOC(=O)CCC(=O)O[C@H]1[C@H](O[C@@H]2[C@@H](C)[C@H](O[C@H]3C[C@@](C)(OC)[C@@H](O)[C@H](C)O3)[C@@H](C)C(=O)O[C@H](CC)[C@@](C)(O)[C@H](O)[C@@H](C)C(=O)[C@H](C)C[C@@]2(C)O)O[C@H](C)C[C@@H]1N(C)C. The van der Waals surface area contributed by atoms with Gasteiger partial charge in [-0.2, -0.15) is 0 Å². The van der Waals surface area contributed by atoms with E-state index in [0.29, 0.717) is 12.3 Å². The Hall–Kier alpha value is -2.26. The van der Waals surface area contributed by atoms with Crippen LogP contribution < -0.4 is 5.32 Å². The normalized spacial score (nSPS) is 41.5. The summed E-state index contributed by atoms with van der Waals surface area (Å²) < 4.78 is 70.5. The minimum absolute atomic E-state index is 0.0431. The minimum Gasteiger partial charge on any atom is -0.466 e. The number of cyclic esters (lactones) is 1. The monoisotopic (exact) mass is 1370 g/mol. The summed E-state index contributed by atoms with van der Waals surface area (Å²) in [5.41, 5.74) is -6.05. The van der Waals surface area contributed by atoms with Crippen LogP contribution in [0.3, 0.4) is 0 Å². The van der Waals surface area contributed by atoms with Crippen LogP contribution in [-0.2, 0) is 75.7 Å². The van der Waals surface area contributed by atoms with E-state index in [1.54, 1.807) is 61.6 Å². The highest BCUT2D eigenvalue weighted by atomic mass is 35.5. The molecule has 30 heteroatoms. The van der Waals surface area contributed by atoms with E-state index in [1.165, 1.54) is 27.9 Å². The average Bonchev–Trinajstić information content (AvgIpc) is 1.24. The third-order valence-electron chi connectivity index (χ3n) is 18.8. The molecule has 1 amide bonds. The first-order valence-corrected chi connectivity index (χ1v) is 35.1. The lowest BCUT2D eigenvalue weighted by atomic mass is 9.74. The van der Waals surface area contributed by atoms with Gasteiger partial charge in [-0.15, -0.1) is 23.4 Å². The molecule has 530 valence electrons. The molecule has 5 fully saturated rings. The molecule has 0 aliphatic carbocycles. The molecule has 0 radical (unpaired) electrons. The van der Waals surface area contributed by atoms with Gasteiger partial charge in [-0.25, -0.2) is 4.57 Å². The lowest BCUT2D eigenvalue weighted by Gasteiger charge is -2.49. The fourth-order valence-electron chi connectivity index (χ4n) is 13.5. The molecule has 5 saturated heterocycles. The molecule has 5 aliphatic rings. The number of nitrogens with one attached hydrogen (secondary N) is 1. The lowest BCUT2D eigenvalue weighted by molar-refractivity contribution is -0.319. The summed E-state index contributed by atoms with van der Waals surface area (Å²) in [5.74, 6) is -6.45. The van der Waals surface area contributed by atoms with Gasteiger partial charge >= 0.3 is 25.7 Å². The number of carbonyl (C=O) groups excluding carboxylic acids is 5. The summed E-state index contributed by atoms with van der Waals surface area (Å²) in [6, 6.07) is -1.62. The Bertz CT molecular complexity index is 2400. The Kier molecular flexibility index (Phi) is 31.0. The molecule has 0 aromatic heterocycles. The molecule has 27 nitrogen and oxygen atoms in total. The van der Waals surface area contributed by atoms with Crippen LogP contribution in [0.1, 0.15) is 148 Å². The Morgan fingerprint density at radius 3 is 2.04 bits per heavy atom. The summed E-state index contributed by atoms with van der Waals surface area (Å²) >= 11 is 7.38. The number of nitrogens with zero attached hydrogens (tertiary/aromatic N) is 2. The predicted molar refractivity (Wildman–Crippen MR) is 334 cm³/mol. The Labute approximate surface area is 546 Å². The number of phosphoric acid groups is 1. The summed E-state index contributed by atoms with van der Waals surface area (Å²) in [4.78, 5) is 88.9. The first-order chi connectivity index (χ1) is 42.1. The number of Topliss-reactive ketones (excluding diaryl/α,β-unsaturated/α-hetero) is 1. The summed E-state index contributed by atoms with van der Waals surface area (Å²) in [6.45, 7) is 22.5.